The summed E-state index contributed by atoms with van der Waals surface area (Å²) >= 11 is 0. The monoisotopic (exact) mass is 311 g/mol. The molecule has 2 N–H and O–H groups in total. The van der Waals surface area contributed by atoms with Crippen molar-refractivity contribution in [2.24, 2.45) is 0 Å². The van der Waals surface area contributed by atoms with Crippen LogP contribution in [0.5, 0.6) is 0 Å². The molecular weight excluding hydrogens is 309 g/mol. The Kier molecular flexibility index (Phi) is 28.8. The van der Waals surface area contributed by atoms with Crippen LogP contribution in [0.15, 0.2) is 0 Å². The van der Waals surface area contributed by atoms with E-state index in [0.717, 1.165) is 0 Å². The fraction of sp³-hybridized carbons (Fsp3) is 0. The number of nitrogens with zero attached hydrogens (tertiary/aromatic N) is 3. The van der Waals surface area contributed by atoms with E-state index < -0.39 is 25.7 Å². The first-order valence-corrected chi connectivity index (χ1v) is 3.74. The Morgan fingerprint density at radius 1 is 0.667 bits per heavy atom. The largest absolute Gasteiger partial charge is 3.00 e. The molecule has 18 heteroatoms. The third kappa shape index (κ3) is 593. The second kappa shape index (κ2) is 17.4. The van der Waals surface area contributed by atoms with Gasteiger partial charge in [-0.3, -0.25) is 9.11 Å². The molecule has 0 atom stereocenters. The van der Waals surface area contributed by atoms with E-state index in [1.807, 2.05) is 0 Å². The maximum atomic E-state index is 8.74. The molecule has 0 aromatic carbocycles. The first kappa shape index (κ1) is 29.8. The van der Waals surface area contributed by atoms with Gasteiger partial charge in [0.1, 0.15) is 0 Å². The molecule has 0 aliphatic heterocycles. The summed E-state index contributed by atoms with van der Waals surface area (Å²) < 4.78 is 31.6. The van der Waals surface area contributed by atoms with Crippen molar-refractivity contribution >= 4 is 27.8 Å². The zero-order valence-corrected chi connectivity index (χ0v) is 9.68. The second-order valence-electron chi connectivity index (χ2n) is 1.12. The van der Waals surface area contributed by atoms with Gasteiger partial charge in [-0.2, -0.15) is 8.42 Å². The molecule has 0 unspecified atom stereocenters. The molecule has 0 aliphatic rings. The van der Waals surface area contributed by atoms with Gasteiger partial charge in [0.15, 0.2) is 0 Å². The average molecular weight is 311 g/mol. The maximum absolute atomic E-state index is 8.74. The molecule has 104 valence electrons. The Morgan fingerprint density at radius 2 is 0.667 bits per heavy atom. The first-order chi connectivity index (χ1) is 7.20. The van der Waals surface area contributed by atoms with Crippen LogP contribution in [0.1, 0.15) is 0 Å². The van der Waals surface area contributed by atoms with E-state index in [2.05, 4.69) is 0 Å². The third-order valence-corrected chi connectivity index (χ3v) is 0. The maximum Gasteiger partial charge on any atom is 3.00 e. The van der Waals surface area contributed by atoms with E-state index in [9.17, 15) is 0 Å². The molecule has 0 aromatic heterocycles. The predicted molar refractivity (Wildman–Crippen MR) is 51.0 cm³/mol. The minimum absolute atomic E-state index is 0. The molecule has 0 radical (unpaired) electrons. The Labute approximate surface area is 107 Å². The Hall–Kier alpha value is -2.00. The van der Waals surface area contributed by atoms with Gasteiger partial charge in [0.05, 0.1) is 15.3 Å². The van der Waals surface area contributed by atoms with E-state index >= 15 is 0 Å². The van der Waals surface area contributed by atoms with E-state index in [0.29, 0.717) is 0 Å². The predicted octanol–water partition coefficient (Wildman–Crippen LogP) is -1.75. The zero-order chi connectivity index (χ0) is 15.2. The summed E-state index contributed by atoms with van der Waals surface area (Å²) in [4.78, 5) is 24.8. The van der Waals surface area contributed by atoms with Crippen molar-refractivity contribution in [3.8, 4) is 0 Å². The summed E-state index contributed by atoms with van der Waals surface area (Å²) in [6.45, 7) is 0. The second-order valence-corrected chi connectivity index (χ2v) is 2.01. The fourth-order valence-corrected chi connectivity index (χ4v) is 0. The van der Waals surface area contributed by atoms with Crippen molar-refractivity contribution in [3.63, 3.8) is 0 Å². The minimum atomic E-state index is -4.67. The molecule has 0 rings (SSSR count). The smallest absolute Gasteiger partial charge is 0.356 e. The van der Waals surface area contributed by atoms with Crippen LogP contribution >= 0.6 is 0 Å². The van der Waals surface area contributed by atoms with Crippen molar-refractivity contribution in [2.45, 2.75) is 0 Å². The van der Waals surface area contributed by atoms with Crippen LogP contribution in [0, 0.1) is 46.0 Å². The van der Waals surface area contributed by atoms with Crippen molar-refractivity contribution in [1.29, 1.82) is 0 Å². The van der Waals surface area contributed by atoms with Crippen molar-refractivity contribution in [2.75, 3.05) is 0 Å². The first-order valence-electron chi connectivity index (χ1n) is 2.34. The SMILES string of the molecule is O=S(=O)(O)O.O=[N+]([O-])[O-].O=[N+]([O-])[O-].O=[N+]([O-])[O-].[Al+3]. The normalized spacial score (nSPS) is 7.22. The van der Waals surface area contributed by atoms with Crippen LogP contribution in [0.4, 0.5) is 0 Å². The van der Waals surface area contributed by atoms with Crippen LogP contribution in [0.2, 0.25) is 0 Å². The molecule has 0 heterocycles. The molecule has 0 aliphatic carbocycles. The van der Waals surface area contributed by atoms with Gasteiger partial charge >= 0.3 is 27.8 Å². The van der Waals surface area contributed by atoms with Crippen LogP contribution in [0.3, 0.4) is 0 Å². The van der Waals surface area contributed by atoms with Gasteiger partial charge in [-0.05, 0) is 0 Å². The van der Waals surface area contributed by atoms with Gasteiger partial charge in [0, 0.05) is 0 Å². The summed E-state index contributed by atoms with van der Waals surface area (Å²) in [5.74, 6) is 0. The van der Waals surface area contributed by atoms with E-state index in [-0.39, 0.29) is 17.4 Å². The summed E-state index contributed by atoms with van der Waals surface area (Å²) in [7, 11) is -4.67. The number of hydrogen-bond donors (Lipinski definition) is 2. The van der Waals surface area contributed by atoms with Gasteiger partial charge in [-0.1, -0.05) is 0 Å². The van der Waals surface area contributed by atoms with Gasteiger partial charge < -0.3 is 46.0 Å². The molecule has 0 amide bonds. The molecule has 0 spiro atoms. The fourth-order valence-electron chi connectivity index (χ4n) is 0. The van der Waals surface area contributed by atoms with E-state index in [1.54, 1.807) is 0 Å². The molecule has 0 fully saturated rings. The van der Waals surface area contributed by atoms with E-state index in [1.165, 1.54) is 0 Å². The summed E-state index contributed by atoms with van der Waals surface area (Å²) in [5, 5.41) is 44.2. The van der Waals surface area contributed by atoms with Crippen LogP contribution < -0.4 is 0 Å². The molecule has 0 saturated heterocycles. The van der Waals surface area contributed by atoms with Gasteiger partial charge in [0.25, 0.3) is 0 Å². The summed E-state index contributed by atoms with van der Waals surface area (Å²) in [6.07, 6.45) is 0. The van der Waals surface area contributed by atoms with Crippen molar-refractivity contribution in [1.82, 2.24) is 0 Å². The average Bonchev–Trinajstić information content (AvgIpc) is 1.73. The third-order valence-electron chi connectivity index (χ3n) is 0. The number of hydrogen-bond acceptors (Lipinski definition) is 11. The van der Waals surface area contributed by atoms with Crippen molar-refractivity contribution < 1.29 is 32.8 Å². The van der Waals surface area contributed by atoms with Crippen LogP contribution in [-0.2, 0) is 10.4 Å². The van der Waals surface area contributed by atoms with Gasteiger partial charge in [0.2, 0.25) is 0 Å². The van der Waals surface area contributed by atoms with Crippen LogP contribution in [0.25, 0.3) is 0 Å². The summed E-state index contributed by atoms with van der Waals surface area (Å²) in [6, 6.07) is 0. The molecule has 18 heavy (non-hydrogen) atoms. The molecule has 0 saturated carbocycles. The van der Waals surface area contributed by atoms with Crippen molar-refractivity contribution in [3.05, 3.63) is 46.0 Å². The zero-order valence-electron chi connectivity index (χ0n) is 7.71. The molecule has 16 nitrogen and oxygen atoms in total. The summed E-state index contributed by atoms with van der Waals surface area (Å²) in [5.41, 5.74) is 0. The number of rotatable bonds is 0. The Balaban J connectivity index is -0.0000000412. The Bertz CT molecular complexity index is 269. The van der Waals surface area contributed by atoms with Gasteiger partial charge in [-0.15, -0.1) is 0 Å². The minimum Gasteiger partial charge on any atom is -0.356 e. The molecule has 0 aromatic rings. The topological polar surface area (TPSA) is 273 Å². The molecule has 0 bridgehead atoms. The quantitative estimate of drug-likeness (QED) is 0.217. The standard InChI is InChI=1S/Al.3NO3.H2O4S/c;3*2-1(3)4;1-5(2,3)4/h;;;;(H2,1,2,3,4)/q+3;3*-1;. The Morgan fingerprint density at radius 3 is 0.667 bits per heavy atom. The van der Waals surface area contributed by atoms with Crippen LogP contribution in [-0.4, -0.2) is 50.1 Å². The van der Waals surface area contributed by atoms with Gasteiger partial charge in [-0.25, -0.2) is 0 Å². The molecular formula is H2AlN3O13S. The van der Waals surface area contributed by atoms with E-state index in [4.69, 9.17) is 63.5 Å².